The predicted molar refractivity (Wildman–Crippen MR) is 50.2 cm³/mol. The molecule has 0 fully saturated rings. The normalized spacial score (nSPS) is 10.5. The van der Waals surface area contributed by atoms with E-state index in [0.717, 1.165) is 6.07 Å². The number of nitrogens with zero attached hydrogens (tertiary/aromatic N) is 1. The van der Waals surface area contributed by atoms with Gasteiger partial charge in [0, 0.05) is 17.6 Å². The molecule has 0 saturated heterocycles. The van der Waals surface area contributed by atoms with Gasteiger partial charge >= 0.3 is 0 Å². The van der Waals surface area contributed by atoms with Crippen LogP contribution >= 0.6 is 0 Å². The largest absolute Gasteiger partial charge is 0.364 e. The van der Waals surface area contributed by atoms with Crippen molar-refractivity contribution < 1.29 is 13.6 Å². The van der Waals surface area contributed by atoms with Gasteiger partial charge in [-0.2, -0.15) is 0 Å². The van der Waals surface area contributed by atoms with Gasteiger partial charge in [-0.1, -0.05) is 0 Å². The van der Waals surface area contributed by atoms with Gasteiger partial charge in [0.05, 0.1) is 0 Å². The summed E-state index contributed by atoms with van der Waals surface area (Å²) in [7, 11) is 0. The third-order valence-corrected chi connectivity index (χ3v) is 2.01. The minimum Gasteiger partial charge on any atom is -0.364 e. The zero-order chi connectivity index (χ0) is 11.0. The van der Waals surface area contributed by atoms with Crippen molar-refractivity contribution in [2.75, 3.05) is 0 Å². The molecule has 0 spiro atoms. The van der Waals surface area contributed by atoms with Gasteiger partial charge in [-0.15, -0.1) is 0 Å². The van der Waals surface area contributed by atoms with E-state index in [2.05, 4.69) is 4.98 Å². The average Bonchev–Trinajstić information content (AvgIpc) is 2.16. The van der Waals surface area contributed by atoms with Crippen LogP contribution in [0.4, 0.5) is 8.78 Å². The number of amides is 1. The Labute approximate surface area is 83.5 Å². The molecule has 0 atom stereocenters. The highest BCUT2D eigenvalue weighted by Crippen LogP contribution is 2.21. The quantitative estimate of drug-likeness (QED) is 0.774. The number of pyridine rings is 1. The molecule has 3 nitrogen and oxygen atoms in total. The summed E-state index contributed by atoms with van der Waals surface area (Å²) in [6.07, 6.45) is 1.28. The van der Waals surface area contributed by atoms with Gasteiger partial charge in [-0.3, -0.25) is 9.78 Å². The SMILES string of the molecule is NC(=O)c1nccc2cc(F)cc(F)c12. The van der Waals surface area contributed by atoms with Gasteiger partial charge in [0.25, 0.3) is 5.91 Å². The van der Waals surface area contributed by atoms with Crippen molar-refractivity contribution in [3.63, 3.8) is 0 Å². The number of carbonyl (C=O) groups is 1. The van der Waals surface area contributed by atoms with Crippen molar-refractivity contribution >= 4 is 16.7 Å². The lowest BCUT2D eigenvalue weighted by atomic mass is 10.1. The fraction of sp³-hybridized carbons (Fsp3) is 0. The standard InChI is InChI=1S/C10H6F2N2O/c11-6-3-5-1-2-14-9(10(13)15)8(5)7(12)4-6/h1-4H,(H2,13,15). The molecule has 0 aliphatic rings. The molecule has 1 amide bonds. The van der Waals surface area contributed by atoms with Crippen molar-refractivity contribution in [3.05, 3.63) is 41.7 Å². The first-order chi connectivity index (χ1) is 7.09. The van der Waals surface area contributed by atoms with E-state index >= 15 is 0 Å². The second-order valence-electron chi connectivity index (χ2n) is 3.01. The van der Waals surface area contributed by atoms with E-state index in [1.165, 1.54) is 12.3 Å². The predicted octanol–water partition coefficient (Wildman–Crippen LogP) is 1.61. The average molecular weight is 208 g/mol. The first-order valence-electron chi connectivity index (χ1n) is 4.13. The molecule has 0 unspecified atom stereocenters. The number of benzene rings is 1. The van der Waals surface area contributed by atoms with Crippen molar-refractivity contribution in [2.24, 2.45) is 5.73 Å². The lowest BCUT2D eigenvalue weighted by Crippen LogP contribution is -2.14. The molecular weight excluding hydrogens is 202 g/mol. The van der Waals surface area contributed by atoms with Gasteiger partial charge in [0.1, 0.15) is 17.3 Å². The summed E-state index contributed by atoms with van der Waals surface area (Å²) in [5, 5.41) is 0.211. The number of halogens is 2. The Morgan fingerprint density at radius 1 is 1.33 bits per heavy atom. The molecular formula is C10H6F2N2O. The molecule has 1 heterocycles. The highest BCUT2D eigenvalue weighted by atomic mass is 19.1. The van der Waals surface area contributed by atoms with Crippen molar-refractivity contribution in [1.82, 2.24) is 4.98 Å². The van der Waals surface area contributed by atoms with Crippen LogP contribution in [0.3, 0.4) is 0 Å². The van der Waals surface area contributed by atoms with E-state index in [9.17, 15) is 13.6 Å². The molecule has 0 aliphatic heterocycles. The molecule has 5 heteroatoms. The lowest BCUT2D eigenvalue weighted by Gasteiger charge is -2.03. The van der Waals surface area contributed by atoms with Crippen LogP contribution in [-0.4, -0.2) is 10.9 Å². The lowest BCUT2D eigenvalue weighted by molar-refractivity contribution is 0.0997. The van der Waals surface area contributed by atoms with Gasteiger partial charge in [-0.05, 0) is 17.5 Å². The van der Waals surface area contributed by atoms with Crippen LogP contribution < -0.4 is 5.73 Å². The third-order valence-electron chi connectivity index (χ3n) is 2.01. The molecule has 2 rings (SSSR count). The molecule has 0 aliphatic carbocycles. The maximum absolute atomic E-state index is 13.4. The highest BCUT2D eigenvalue weighted by molar-refractivity contribution is 6.04. The van der Waals surface area contributed by atoms with Crippen molar-refractivity contribution in [3.8, 4) is 0 Å². The van der Waals surface area contributed by atoms with Gasteiger partial charge in [0.15, 0.2) is 0 Å². The molecule has 2 N–H and O–H groups in total. The third kappa shape index (κ3) is 1.52. The molecule has 0 saturated carbocycles. The number of nitrogens with two attached hydrogens (primary N) is 1. The minimum atomic E-state index is -0.842. The van der Waals surface area contributed by atoms with E-state index in [0.29, 0.717) is 6.07 Å². The summed E-state index contributed by atoms with van der Waals surface area (Å²) >= 11 is 0. The second-order valence-corrected chi connectivity index (χ2v) is 3.01. The second kappa shape index (κ2) is 3.27. The summed E-state index contributed by atoms with van der Waals surface area (Å²) in [6.45, 7) is 0. The summed E-state index contributed by atoms with van der Waals surface area (Å²) in [4.78, 5) is 14.6. The van der Waals surface area contributed by atoms with E-state index in [1.54, 1.807) is 0 Å². The van der Waals surface area contributed by atoms with Gasteiger partial charge < -0.3 is 5.73 Å². The number of carbonyl (C=O) groups excluding carboxylic acids is 1. The van der Waals surface area contributed by atoms with E-state index in [4.69, 9.17) is 5.73 Å². The summed E-state index contributed by atoms with van der Waals surface area (Å²) in [5.41, 5.74) is 4.84. The van der Waals surface area contributed by atoms with Crippen LogP contribution in [0.1, 0.15) is 10.5 Å². The van der Waals surface area contributed by atoms with Crippen LogP contribution in [0.2, 0.25) is 0 Å². The van der Waals surface area contributed by atoms with Crippen LogP contribution in [0, 0.1) is 11.6 Å². The molecule has 76 valence electrons. The Balaban J connectivity index is 2.91. The Bertz CT molecular complexity index is 554. The van der Waals surface area contributed by atoms with Crippen LogP contribution in [0.25, 0.3) is 10.8 Å². The van der Waals surface area contributed by atoms with Crippen molar-refractivity contribution in [1.29, 1.82) is 0 Å². The van der Waals surface area contributed by atoms with Gasteiger partial charge in [-0.25, -0.2) is 8.78 Å². The zero-order valence-electron chi connectivity index (χ0n) is 7.50. The summed E-state index contributed by atoms with van der Waals surface area (Å²) in [5.74, 6) is -2.39. The Morgan fingerprint density at radius 3 is 2.73 bits per heavy atom. The first kappa shape index (κ1) is 9.51. The number of rotatable bonds is 1. The van der Waals surface area contributed by atoms with Gasteiger partial charge in [0.2, 0.25) is 0 Å². The molecule has 1 aromatic carbocycles. The Morgan fingerprint density at radius 2 is 2.07 bits per heavy atom. The maximum atomic E-state index is 13.4. The number of primary amides is 1. The monoisotopic (exact) mass is 208 g/mol. The van der Waals surface area contributed by atoms with Crippen molar-refractivity contribution in [2.45, 2.75) is 0 Å². The molecule has 0 radical (unpaired) electrons. The smallest absolute Gasteiger partial charge is 0.268 e. The van der Waals surface area contributed by atoms with E-state index < -0.39 is 17.5 Å². The van der Waals surface area contributed by atoms with Crippen LogP contribution in [0.15, 0.2) is 24.4 Å². The van der Waals surface area contributed by atoms with E-state index in [-0.39, 0.29) is 16.5 Å². The molecule has 2 aromatic rings. The maximum Gasteiger partial charge on any atom is 0.268 e. The number of hydrogen-bond donors (Lipinski definition) is 1. The highest BCUT2D eigenvalue weighted by Gasteiger charge is 2.13. The molecule has 0 bridgehead atoms. The minimum absolute atomic E-state index is 0.0496. The Kier molecular flexibility index (Phi) is 2.07. The molecule has 1 aromatic heterocycles. The van der Waals surface area contributed by atoms with E-state index in [1.807, 2.05) is 0 Å². The number of hydrogen-bond acceptors (Lipinski definition) is 2. The van der Waals surface area contributed by atoms with Crippen LogP contribution in [0.5, 0.6) is 0 Å². The fourth-order valence-electron chi connectivity index (χ4n) is 1.42. The fourth-order valence-corrected chi connectivity index (χ4v) is 1.42. The van der Waals surface area contributed by atoms with Crippen LogP contribution in [-0.2, 0) is 0 Å². The Hall–Kier alpha value is -2.04. The summed E-state index contributed by atoms with van der Waals surface area (Å²) in [6, 6.07) is 3.22. The zero-order valence-corrected chi connectivity index (χ0v) is 7.50. The number of aromatic nitrogens is 1. The molecule has 15 heavy (non-hydrogen) atoms. The summed E-state index contributed by atoms with van der Waals surface area (Å²) < 4.78 is 26.2. The topological polar surface area (TPSA) is 56.0 Å². The number of fused-ring (bicyclic) bond motifs is 1. The first-order valence-corrected chi connectivity index (χ1v) is 4.13.